The summed E-state index contributed by atoms with van der Waals surface area (Å²) in [7, 11) is 0. The molecule has 0 spiro atoms. The van der Waals surface area contributed by atoms with Crippen molar-refractivity contribution >= 4 is 5.96 Å². The van der Waals surface area contributed by atoms with Crippen molar-refractivity contribution in [3.63, 3.8) is 0 Å². The van der Waals surface area contributed by atoms with Crippen molar-refractivity contribution in [2.45, 2.75) is 64.3 Å². The van der Waals surface area contributed by atoms with E-state index in [0.717, 1.165) is 38.7 Å². The number of rotatable bonds is 10. The first kappa shape index (κ1) is 21.2. The Morgan fingerprint density at radius 3 is 2.50 bits per heavy atom. The fourth-order valence-electron chi connectivity index (χ4n) is 3.95. The molecule has 0 aromatic heterocycles. The maximum atomic E-state index is 4.80. The summed E-state index contributed by atoms with van der Waals surface area (Å²) in [5, 5.41) is 7.05. The molecule has 0 aromatic carbocycles. The van der Waals surface area contributed by atoms with Gasteiger partial charge in [-0.25, -0.2) is 0 Å². The summed E-state index contributed by atoms with van der Waals surface area (Å²) < 4.78 is 0. The zero-order chi connectivity index (χ0) is 18.5. The molecule has 0 aliphatic carbocycles. The first-order chi connectivity index (χ1) is 12.8. The summed E-state index contributed by atoms with van der Waals surface area (Å²) >= 11 is 0. The van der Waals surface area contributed by atoms with Crippen LogP contribution in [0, 0.1) is 0 Å². The average Bonchev–Trinajstić information content (AvgIpc) is 2.67. The van der Waals surface area contributed by atoms with Crippen LogP contribution in [0.1, 0.15) is 58.3 Å². The quantitative estimate of drug-likeness (QED) is 0.271. The van der Waals surface area contributed by atoms with Crippen LogP contribution >= 0.6 is 0 Å². The summed E-state index contributed by atoms with van der Waals surface area (Å²) in [6.07, 6.45) is 12.4. The zero-order valence-electron chi connectivity index (χ0n) is 17.0. The molecule has 26 heavy (non-hydrogen) atoms. The number of nitrogens with one attached hydrogen (secondary N) is 2. The molecule has 5 nitrogen and oxygen atoms in total. The topological polar surface area (TPSA) is 42.9 Å². The van der Waals surface area contributed by atoms with Gasteiger partial charge < -0.3 is 15.5 Å². The third-order valence-corrected chi connectivity index (χ3v) is 5.51. The number of unbranched alkanes of at least 4 members (excludes halogenated alkanes) is 2. The molecule has 0 unspecified atom stereocenters. The maximum absolute atomic E-state index is 4.80. The van der Waals surface area contributed by atoms with Gasteiger partial charge in [-0.1, -0.05) is 18.9 Å². The molecule has 0 atom stereocenters. The largest absolute Gasteiger partial charge is 0.357 e. The van der Waals surface area contributed by atoms with E-state index in [2.05, 4.69) is 33.9 Å². The second kappa shape index (κ2) is 13.2. The highest BCUT2D eigenvalue weighted by Crippen LogP contribution is 2.11. The van der Waals surface area contributed by atoms with Crippen LogP contribution < -0.4 is 10.6 Å². The van der Waals surface area contributed by atoms with Crippen LogP contribution in [0.4, 0.5) is 0 Å². The van der Waals surface area contributed by atoms with Gasteiger partial charge in [-0.15, -0.1) is 6.58 Å². The lowest BCUT2D eigenvalue weighted by Crippen LogP contribution is -2.48. The molecule has 2 N–H and O–H groups in total. The van der Waals surface area contributed by atoms with E-state index in [4.69, 9.17) is 4.99 Å². The SMILES string of the molecule is C=CCN1CCC(NC(=NCCCCCN2CCCCC2)NCC)CC1. The lowest BCUT2D eigenvalue weighted by molar-refractivity contribution is 0.224. The predicted molar refractivity (Wildman–Crippen MR) is 113 cm³/mol. The number of aliphatic imine (C=N–C) groups is 1. The Balaban J connectivity index is 1.59. The molecule has 5 heteroatoms. The normalized spacial score (nSPS) is 20.9. The van der Waals surface area contributed by atoms with E-state index in [1.165, 1.54) is 71.0 Å². The van der Waals surface area contributed by atoms with Gasteiger partial charge in [0.25, 0.3) is 0 Å². The first-order valence-corrected chi connectivity index (χ1v) is 10.9. The minimum absolute atomic E-state index is 0.549. The Kier molecular flexibility index (Phi) is 10.7. The molecule has 0 radical (unpaired) electrons. The van der Waals surface area contributed by atoms with Crippen LogP contribution in [-0.2, 0) is 0 Å². The lowest BCUT2D eigenvalue weighted by Gasteiger charge is -2.32. The van der Waals surface area contributed by atoms with Gasteiger partial charge in [0.1, 0.15) is 0 Å². The van der Waals surface area contributed by atoms with Gasteiger partial charge in [-0.3, -0.25) is 9.89 Å². The molecule has 2 aliphatic heterocycles. The van der Waals surface area contributed by atoms with Crippen molar-refractivity contribution in [1.82, 2.24) is 20.4 Å². The Bertz CT molecular complexity index is 395. The van der Waals surface area contributed by atoms with Crippen LogP contribution in [0.15, 0.2) is 17.6 Å². The van der Waals surface area contributed by atoms with Crippen molar-refractivity contribution in [3.05, 3.63) is 12.7 Å². The highest BCUT2D eigenvalue weighted by atomic mass is 15.2. The molecular weight excluding hydrogens is 322 g/mol. The van der Waals surface area contributed by atoms with Crippen molar-refractivity contribution in [2.24, 2.45) is 4.99 Å². The summed E-state index contributed by atoms with van der Waals surface area (Å²) in [5.74, 6) is 1.01. The minimum Gasteiger partial charge on any atom is -0.357 e. The molecule has 2 rings (SSSR count). The first-order valence-electron chi connectivity index (χ1n) is 10.9. The van der Waals surface area contributed by atoms with Gasteiger partial charge in [0.05, 0.1) is 0 Å². The third kappa shape index (κ3) is 8.54. The van der Waals surface area contributed by atoms with Crippen LogP contribution in [0.25, 0.3) is 0 Å². The third-order valence-electron chi connectivity index (χ3n) is 5.51. The number of guanidine groups is 1. The Hall–Kier alpha value is -1.07. The molecule has 2 saturated heterocycles. The monoisotopic (exact) mass is 363 g/mol. The molecule has 2 fully saturated rings. The molecule has 0 aromatic rings. The summed E-state index contributed by atoms with van der Waals surface area (Å²) in [5.41, 5.74) is 0. The smallest absolute Gasteiger partial charge is 0.191 e. The van der Waals surface area contributed by atoms with Gasteiger partial charge >= 0.3 is 0 Å². The van der Waals surface area contributed by atoms with E-state index in [1.807, 2.05) is 6.08 Å². The van der Waals surface area contributed by atoms with Crippen molar-refractivity contribution in [1.29, 1.82) is 0 Å². The fourth-order valence-corrected chi connectivity index (χ4v) is 3.95. The molecule has 0 amide bonds. The van der Waals surface area contributed by atoms with Crippen LogP contribution in [0.2, 0.25) is 0 Å². The standard InChI is InChI=1S/C21H41N5/c1-3-14-25-18-11-20(12-19-25)24-21(22-4-2)23-13-7-5-8-15-26-16-9-6-10-17-26/h3,20H,1,4-19H2,2H3,(H2,22,23,24). The summed E-state index contributed by atoms with van der Waals surface area (Å²) in [4.78, 5) is 9.90. The summed E-state index contributed by atoms with van der Waals surface area (Å²) in [6, 6.07) is 0.549. The second-order valence-electron chi connectivity index (χ2n) is 7.73. The van der Waals surface area contributed by atoms with Crippen molar-refractivity contribution in [2.75, 3.05) is 52.4 Å². The van der Waals surface area contributed by atoms with Gasteiger partial charge in [0.15, 0.2) is 5.96 Å². The Morgan fingerprint density at radius 2 is 1.81 bits per heavy atom. The number of hydrogen-bond donors (Lipinski definition) is 2. The number of likely N-dealkylation sites (tertiary alicyclic amines) is 2. The molecule has 150 valence electrons. The molecule has 0 saturated carbocycles. The van der Waals surface area contributed by atoms with Gasteiger partial charge in [0, 0.05) is 38.8 Å². The Morgan fingerprint density at radius 1 is 1.04 bits per heavy atom. The van der Waals surface area contributed by atoms with E-state index < -0.39 is 0 Å². The van der Waals surface area contributed by atoms with Crippen LogP contribution in [0.5, 0.6) is 0 Å². The molecule has 0 bridgehead atoms. The molecule has 2 aliphatic rings. The molecular formula is C21H41N5. The van der Waals surface area contributed by atoms with E-state index in [9.17, 15) is 0 Å². The van der Waals surface area contributed by atoms with E-state index in [0.29, 0.717) is 6.04 Å². The highest BCUT2D eigenvalue weighted by Gasteiger charge is 2.18. The zero-order valence-corrected chi connectivity index (χ0v) is 17.0. The molecule has 2 heterocycles. The average molecular weight is 364 g/mol. The van der Waals surface area contributed by atoms with Gasteiger partial charge in [-0.2, -0.15) is 0 Å². The summed E-state index contributed by atoms with van der Waals surface area (Å²) in [6.45, 7) is 15.1. The van der Waals surface area contributed by atoms with Crippen molar-refractivity contribution < 1.29 is 0 Å². The maximum Gasteiger partial charge on any atom is 0.191 e. The highest BCUT2D eigenvalue weighted by molar-refractivity contribution is 5.80. The Labute approximate surface area is 161 Å². The predicted octanol–water partition coefficient (Wildman–Crippen LogP) is 2.85. The van der Waals surface area contributed by atoms with Gasteiger partial charge in [-0.05, 0) is 65.1 Å². The van der Waals surface area contributed by atoms with E-state index in [-0.39, 0.29) is 0 Å². The number of nitrogens with zero attached hydrogens (tertiary/aromatic N) is 3. The minimum atomic E-state index is 0.549. The van der Waals surface area contributed by atoms with Gasteiger partial charge in [0.2, 0.25) is 0 Å². The van der Waals surface area contributed by atoms with Crippen molar-refractivity contribution in [3.8, 4) is 0 Å². The lowest BCUT2D eigenvalue weighted by atomic mass is 10.1. The van der Waals surface area contributed by atoms with Crippen LogP contribution in [0.3, 0.4) is 0 Å². The fraction of sp³-hybridized carbons (Fsp3) is 0.857. The van der Waals surface area contributed by atoms with E-state index in [1.54, 1.807) is 0 Å². The number of hydrogen-bond acceptors (Lipinski definition) is 3. The second-order valence-corrected chi connectivity index (χ2v) is 7.73. The van der Waals surface area contributed by atoms with Crippen LogP contribution in [-0.4, -0.2) is 74.2 Å². The van der Waals surface area contributed by atoms with E-state index >= 15 is 0 Å². The number of piperidine rings is 2.